The Hall–Kier alpha value is -3.07. The highest BCUT2D eigenvalue weighted by molar-refractivity contribution is 6.08. The summed E-state index contributed by atoms with van der Waals surface area (Å²) in [6.07, 6.45) is 0. The quantitative estimate of drug-likeness (QED) is 0.542. The maximum Gasteiger partial charge on any atom is 0.338 e. The molecule has 0 atom stereocenters. The standard InChI is InChI=1S/C20H15NO2/c1-23-20(22)17-8-3-2-6-14(17)13-10-11-16-15-7-4-5-9-18(15)21-19(16)12-13/h2-12,21H,1H3. The van der Waals surface area contributed by atoms with E-state index in [1.165, 1.54) is 17.9 Å². The fourth-order valence-electron chi connectivity index (χ4n) is 3.04. The number of ether oxygens (including phenoxy) is 1. The van der Waals surface area contributed by atoms with Crippen molar-refractivity contribution in [2.24, 2.45) is 0 Å². The Morgan fingerprint density at radius 3 is 2.48 bits per heavy atom. The number of nitrogens with one attached hydrogen (secondary N) is 1. The Morgan fingerprint density at radius 1 is 0.870 bits per heavy atom. The van der Waals surface area contributed by atoms with E-state index >= 15 is 0 Å². The molecule has 23 heavy (non-hydrogen) atoms. The van der Waals surface area contributed by atoms with Crippen molar-refractivity contribution in [3.63, 3.8) is 0 Å². The molecule has 0 aliphatic carbocycles. The van der Waals surface area contributed by atoms with E-state index in [9.17, 15) is 4.79 Å². The zero-order valence-corrected chi connectivity index (χ0v) is 12.7. The molecule has 0 fully saturated rings. The molecular formula is C20H15NO2. The lowest BCUT2D eigenvalue weighted by atomic mass is 9.98. The van der Waals surface area contributed by atoms with E-state index in [2.05, 4.69) is 29.2 Å². The second kappa shape index (κ2) is 5.29. The van der Waals surface area contributed by atoms with Crippen molar-refractivity contribution in [2.45, 2.75) is 0 Å². The van der Waals surface area contributed by atoms with Gasteiger partial charge in [-0.2, -0.15) is 0 Å². The van der Waals surface area contributed by atoms with Crippen molar-refractivity contribution < 1.29 is 9.53 Å². The molecule has 0 bridgehead atoms. The lowest BCUT2D eigenvalue weighted by Gasteiger charge is -2.08. The third-order valence-electron chi connectivity index (χ3n) is 4.15. The minimum atomic E-state index is -0.322. The highest BCUT2D eigenvalue weighted by Gasteiger charge is 2.13. The van der Waals surface area contributed by atoms with E-state index < -0.39 is 0 Å². The normalized spacial score (nSPS) is 11.0. The van der Waals surface area contributed by atoms with Crippen molar-refractivity contribution in [2.75, 3.05) is 7.11 Å². The number of aromatic amines is 1. The molecule has 3 heteroatoms. The Morgan fingerprint density at radius 2 is 1.61 bits per heavy atom. The molecule has 0 amide bonds. The molecule has 0 aliphatic heterocycles. The van der Waals surface area contributed by atoms with Crippen LogP contribution < -0.4 is 0 Å². The highest BCUT2D eigenvalue weighted by Crippen LogP contribution is 2.31. The Labute approximate surface area is 133 Å². The van der Waals surface area contributed by atoms with Crippen molar-refractivity contribution in [3.05, 3.63) is 72.3 Å². The SMILES string of the molecule is COC(=O)c1ccccc1-c1ccc2c(c1)[nH]c1ccccc12. The third-order valence-corrected chi connectivity index (χ3v) is 4.15. The van der Waals surface area contributed by atoms with Crippen LogP contribution in [0.25, 0.3) is 32.9 Å². The average molecular weight is 301 g/mol. The minimum absolute atomic E-state index is 0.322. The molecule has 1 aromatic heterocycles. The number of carbonyl (C=O) groups excluding carboxylic acids is 1. The van der Waals surface area contributed by atoms with Gasteiger partial charge in [-0.1, -0.05) is 48.5 Å². The number of hydrogen-bond donors (Lipinski definition) is 1. The Bertz CT molecular complexity index is 1030. The van der Waals surface area contributed by atoms with Crippen LogP contribution in [0.4, 0.5) is 0 Å². The number of hydrogen-bond acceptors (Lipinski definition) is 2. The number of carbonyl (C=O) groups is 1. The molecular weight excluding hydrogens is 286 g/mol. The molecule has 3 aromatic carbocycles. The van der Waals surface area contributed by atoms with Crippen LogP contribution in [0.3, 0.4) is 0 Å². The van der Waals surface area contributed by atoms with Crippen molar-refractivity contribution >= 4 is 27.8 Å². The van der Waals surface area contributed by atoms with Gasteiger partial charge in [0.15, 0.2) is 0 Å². The van der Waals surface area contributed by atoms with Crippen LogP contribution >= 0.6 is 0 Å². The van der Waals surface area contributed by atoms with E-state index in [1.54, 1.807) is 6.07 Å². The van der Waals surface area contributed by atoms with E-state index in [0.29, 0.717) is 5.56 Å². The van der Waals surface area contributed by atoms with Gasteiger partial charge in [0, 0.05) is 21.8 Å². The lowest BCUT2D eigenvalue weighted by Crippen LogP contribution is -2.03. The third kappa shape index (κ3) is 2.18. The number of methoxy groups -OCH3 is 1. The summed E-state index contributed by atoms with van der Waals surface area (Å²) < 4.78 is 4.89. The first-order chi connectivity index (χ1) is 11.3. The monoisotopic (exact) mass is 301 g/mol. The van der Waals surface area contributed by atoms with Gasteiger partial charge in [0.25, 0.3) is 0 Å². The van der Waals surface area contributed by atoms with Gasteiger partial charge in [0.1, 0.15) is 0 Å². The number of benzene rings is 3. The number of H-pyrrole nitrogens is 1. The number of esters is 1. The predicted molar refractivity (Wildman–Crippen MR) is 92.6 cm³/mol. The van der Waals surface area contributed by atoms with Crippen LogP contribution in [0.15, 0.2) is 66.7 Å². The number of para-hydroxylation sites is 1. The highest BCUT2D eigenvalue weighted by atomic mass is 16.5. The summed E-state index contributed by atoms with van der Waals surface area (Å²) >= 11 is 0. The molecule has 3 nitrogen and oxygen atoms in total. The van der Waals surface area contributed by atoms with E-state index in [4.69, 9.17) is 4.74 Å². The van der Waals surface area contributed by atoms with Crippen molar-refractivity contribution in [3.8, 4) is 11.1 Å². The topological polar surface area (TPSA) is 42.1 Å². The maximum absolute atomic E-state index is 12.0. The average Bonchev–Trinajstić information content (AvgIpc) is 2.98. The summed E-state index contributed by atoms with van der Waals surface area (Å²) in [4.78, 5) is 15.4. The van der Waals surface area contributed by atoms with Crippen molar-refractivity contribution in [1.82, 2.24) is 4.98 Å². The smallest absolute Gasteiger partial charge is 0.338 e. The molecule has 0 saturated carbocycles. The van der Waals surface area contributed by atoms with Gasteiger partial charge >= 0.3 is 5.97 Å². The largest absolute Gasteiger partial charge is 0.465 e. The van der Waals surface area contributed by atoms with Gasteiger partial charge in [0.05, 0.1) is 12.7 Å². The van der Waals surface area contributed by atoms with Crippen LogP contribution in [0.5, 0.6) is 0 Å². The molecule has 0 unspecified atom stereocenters. The molecule has 1 N–H and O–H groups in total. The first-order valence-corrected chi connectivity index (χ1v) is 7.46. The number of fused-ring (bicyclic) bond motifs is 3. The molecule has 0 radical (unpaired) electrons. The zero-order chi connectivity index (χ0) is 15.8. The molecule has 112 valence electrons. The van der Waals surface area contributed by atoms with Crippen LogP contribution in [-0.2, 0) is 4.74 Å². The number of rotatable bonds is 2. The summed E-state index contributed by atoms with van der Waals surface area (Å²) in [6, 6.07) is 22.0. The summed E-state index contributed by atoms with van der Waals surface area (Å²) in [5.74, 6) is -0.322. The summed E-state index contributed by atoms with van der Waals surface area (Å²) in [6.45, 7) is 0. The van der Waals surface area contributed by atoms with Gasteiger partial charge in [-0.05, 0) is 29.3 Å². The molecule has 0 spiro atoms. The van der Waals surface area contributed by atoms with Gasteiger partial charge in [-0.3, -0.25) is 0 Å². The van der Waals surface area contributed by atoms with E-state index in [-0.39, 0.29) is 5.97 Å². The fourth-order valence-corrected chi connectivity index (χ4v) is 3.04. The maximum atomic E-state index is 12.0. The molecule has 4 aromatic rings. The number of aromatic nitrogens is 1. The fraction of sp³-hybridized carbons (Fsp3) is 0.0500. The minimum Gasteiger partial charge on any atom is -0.465 e. The molecule has 1 heterocycles. The van der Waals surface area contributed by atoms with Crippen LogP contribution in [0, 0.1) is 0 Å². The zero-order valence-electron chi connectivity index (χ0n) is 12.7. The molecule has 0 saturated heterocycles. The lowest BCUT2D eigenvalue weighted by molar-refractivity contribution is 0.0601. The Balaban J connectivity index is 1.93. The van der Waals surface area contributed by atoms with Gasteiger partial charge in [-0.15, -0.1) is 0 Å². The van der Waals surface area contributed by atoms with Crippen LogP contribution in [0.1, 0.15) is 10.4 Å². The Kier molecular flexibility index (Phi) is 3.12. The predicted octanol–water partition coefficient (Wildman–Crippen LogP) is 4.77. The summed E-state index contributed by atoms with van der Waals surface area (Å²) in [5, 5.41) is 2.38. The summed E-state index contributed by atoms with van der Waals surface area (Å²) in [7, 11) is 1.40. The second-order valence-electron chi connectivity index (χ2n) is 5.47. The first kappa shape index (κ1) is 13.6. The molecule has 0 aliphatic rings. The van der Waals surface area contributed by atoms with Crippen molar-refractivity contribution in [1.29, 1.82) is 0 Å². The van der Waals surface area contributed by atoms with E-state index in [1.807, 2.05) is 36.4 Å². The second-order valence-corrected chi connectivity index (χ2v) is 5.47. The van der Waals surface area contributed by atoms with Crippen LogP contribution in [0.2, 0.25) is 0 Å². The summed E-state index contributed by atoms with van der Waals surface area (Å²) in [5.41, 5.74) is 4.61. The van der Waals surface area contributed by atoms with Gasteiger partial charge in [0.2, 0.25) is 0 Å². The van der Waals surface area contributed by atoms with E-state index in [0.717, 1.165) is 22.2 Å². The van der Waals surface area contributed by atoms with Crippen LogP contribution in [-0.4, -0.2) is 18.1 Å². The van der Waals surface area contributed by atoms with Gasteiger partial charge < -0.3 is 9.72 Å². The van der Waals surface area contributed by atoms with Gasteiger partial charge in [-0.25, -0.2) is 4.79 Å². The molecule has 4 rings (SSSR count). The first-order valence-electron chi connectivity index (χ1n) is 7.46.